The molecule has 1 aromatic carbocycles. The smallest absolute Gasteiger partial charge is 0.289 e. The Kier molecular flexibility index (Phi) is 5.85. The zero-order valence-corrected chi connectivity index (χ0v) is 17.8. The quantitative estimate of drug-likeness (QED) is 0.806. The van der Waals surface area contributed by atoms with Crippen LogP contribution in [0.25, 0.3) is 0 Å². The van der Waals surface area contributed by atoms with Crippen LogP contribution in [0.5, 0.6) is 0 Å². The predicted octanol–water partition coefficient (Wildman–Crippen LogP) is 1.44. The molecule has 1 N–H and O–H groups in total. The van der Waals surface area contributed by atoms with Crippen molar-refractivity contribution in [3.05, 3.63) is 47.5 Å². The van der Waals surface area contributed by atoms with Crippen LogP contribution in [0.4, 0.5) is 0 Å². The van der Waals surface area contributed by atoms with Gasteiger partial charge in [0.1, 0.15) is 5.82 Å². The number of carbonyl (C=O) groups excluding carboxylic acids is 2. The van der Waals surface area contributed by atoms with Gasteiger partial charge in [-0.3, -0.25) is 9.59 Å². The molecule has 2 amide bonds. The highest BCUT2D eigenvalue weighted by molar-refractivity contribution is 5.94. The zero-order chi connectivity index (χ0) is 21.1. The van der Waals surface area contributed by atoms with E-state index in [1.165, 1.54) is 0 Å². The number of aryl methyl sites for hydroxylation is 1. The molecule has 1 saturated heterocycles. The van der Waals surface area contributed by atoms with E-state index in [-0.39, 0.29) is 17.2 Å². The molecule has 2 aliphatic rings. The van der Waals surface area contributed by atoms with Crippen LogP contribution in [-0.4, -0.2) is 76.7 Å². The zero-order valence-electron chi connectivity index (χ0n) is 17.8. The number of aromatic nitrogens is 3. The second-order valence-electron chi connectivity index (χ2n) is 8.74. The van der Waals surface area contributed by atoms with Crippen molar-refractivity contribution >= 4 is 11.8 Å². The number of likely N-dealkylation sites (tertiary alicyclic amines) is 1. The molecule has 1 atom stereocenters. The van der Waals surface area contributed by atoms with E-state index in [0.29, 0.717) is 18.9 Å². The van der Waals surface area contributed by atoms with Gasteiger partial charge in [-0.25, -0.2) is 0 Å². The van der Waals surface area contributed by atoms with E-state index in [2.05, 4.69) is 15.5 Å². The average molecular weight is 411 g/mol. The molecule has 0 bridgehead atoms. The highest BCUT2D eigenvalue weighted by atomic mass is 16.2. The number of nitrogens with one attached hydrogen (secondary N) is 1. The summed E-state index contributed by atoms with van der Waals surface area (Å²) in [5.41, 5.74) is 0.834. The van der Waals surface area contributed by atoms with Gasteiger partial charge >= 0.3 is 0 Å². The third kappa shape index (κ3) is 4.23. The van der Waals surface area contributed by atoms with Gasteiger partial charge in [0.2, 0.25) is 5.82 Å². The van der Waals surface area contributed by atoms with Crippen molar-refractivity contribution in [2.45, 2.75) is 32.2 Å². The first-order chi connectivity index (χ1) is 14.5. The Balaban J connectivity index is 1.41. The number of hydrogen-bond acceptors (Lipinski definition) is 5. The molecule has 0 aliphatic carbocycles. The van der Waals surface area contributed by atoms with Crippen LogP contribution in [0.15, 0.2) is 30.3 Å². The van der Waals surface area contributed by atoms with E-state index in [1.54, 1.807) is 0 Å². The summed E-state index contributed by atoms with van der Waals surface area (Å²) in [7, 11) is 3.95. The van der Waals surface area contributed by atoms with Gasteiger partial charge in [-0.15, -0.1) is 10.2 Å². The predicted molar refractivity (Wildman–Crippen MR) is 113 cm³/mol. The van der Waals surface area contributed by atoms with Crippen molar-refractivity contribution in [3.63, 3.8) is 0 Å². The number of fused-ring (bicyclic) bond motifs is 1. The maximum Gasteiger partial charge on any atom is 0.289 e. The number of rotatable bonds is 5. The third-order valence-electron chi connectivity index (χ3n) is 6.37. The molecule has 3 heterocycles. The highest BCUT2D eigenvalue weighted by Gasteiger charge is 2.41. The lowest BCUT2D eigenvalue weighted by Crippen LogP contribution is -2.34. The van der Waals surface area contributed by atoms with E-state index in [1.807, 2.05) is 58.8 Å². The molecule has 1 spiro atoms. The first kappa shape index (κ1) is 20.5. The van der Waals surface area contributed by atoms with Crippen molar-refractivity contribution in [1.29, 1.82) is 0 Å². The normalized spacial score (nSPS) is 21.0. The summed E-state index contributed by atoms with van der Waals surface area (Å²) in [6.45, 7) is 3.62. The maximum atomic E-state index is 12.9. The topological polar surface area (TPSA) is 83.4 Å². The van der Waals surface area contributed by atoms with E-state index in [4.69, 9.17) is 0 Å². The standard InChI is InChI=1S/C22H30N6O2/c1-26(2)15-12-23-20(29)19-25-24-18-8-9-22(11-14-28(18)19)10-13-27(16-22)21(30)17-6-4-3-5-7-17/h3-7H,8-16H2,1-2H3,(H,23,29). The summed E-state index contributed by atoms with van der Waals surface area (Å²) in [6, 6.07) is 9.49. The Labute approximate surface area is 177 Å². The number of carbonyl (C=O) groups is 2. The van der Waals surface area contributed by atoms with Crippen LogP contribution >= 0.6 is 0 Å². The Hall–Kier alpha value is -2.74. The number of nitrogens with zero attached hydrogens (tertiary/aromatic N) is 5. The summed E-state index contributed by atoms with van der Waals surface area (Å²) in [5.74, 6) is 1.21. The van der Waals surface area contributed by atoms with Gasteiger partial charge in [0.25, 0.3) is 11.8 Å². The lowest BCUT2D eigenvalue weighted by atomic mass is 9.80. The highest BCUT2D eigenvalue weighted by Crippen LogP contribution is 2.41. The first-order valence-electron chi connectivity index (χ1n) is 10.7. The number of amides is 2. The van der Waals surface area contributed by atoms with Crippen LogP contribution in [0.1, 0.15) is 46.1 Å². The first-order valence-corrected chi connectivity index (χ1v) is 10.7. The molecule has 1 fully saturated rings. The molecule has 30 heavy (non-hydrogen) atoms. The molecule has 1 unspecified atom stereocenters. The lowest BCUT2D eigenvalue weighted by molar-refractivity contribution is 0.0767. The fourth-order valence-electron chi connectivity index (χ4n) is 4.53. The molecule has 2 aliphatic heterocycles. The number of benzene rings is 1. The summed E-state index contributed by atoms with van der Waals surface area (Å²) >= 11 is 0. The molecule has 4 rings (SSSR count). The average Bonchev–Trinajstić information content (AvgIpc) is 3.30. The molecule has 2 aromatic rings. The lowest BCUT2D eigenvalue weighted by Gasteiger charge is -2.27. The van der Waals surface area contributed by atoms with Crippen molar-refractivity contribution in [2.75, 3.05) is 40.3 Å². The molecule has 1 aromatic heterocycles. The minimum Gasteiger partial charge on any atom is -0.348 e. The summed E-state index contributed by atoms with van der Waals surface area (Å²) in [4.78, 5) is 29.4. The van der Waals surface area contributed by atoms with E-state index < -0.39 is 0 Å². The van der Waals surface area contributed by atoms with Crippen LogP contribution in [-0.2, 0) is 13.0 Å². The molecule has 0 radical (unpaired) electrons. The number of likely N-dealkylation sites (N-methyl/N-ethyl adjacent to an activating group) is 1. The minimum absolute atomic E-state index is 0.0871. The fraction of sp³-hybridized carbons (Fsp3) is 0.545. The van der Waals surface area contributed by atoms with Gasteiger partial charge in [0.05, 0.1) is 0 Å². The summed E-state index contributed by atoms with van der Waals surface area (Å²) < 4.78 is 1.97. The van der Waals surface area contributed by atoms with Gasteiger partial charge < -0.3 is 19.7 Å². The Morgan fingerprint density at radius 2 is 1.87 bits per heavy atom. The van der Waals surface area contributed by atoms with Crippen molar-refractivity contribution < 1.29 is 9.59 Å². The fourth-order valence-corrected chi connectivity index (χ4v) is 4.53. The van der Waals surface area contributed by atoms with Crippen LogP contribution in [0.2, 0.25) is 0 Å². The second kappa shape index (κ2) is 8.55. The van der Waals surface area contributed by atoms with Gasteiger partial charge in [-0.2, -0.15) is 0 Å². The van der Waals surface area contributed by atoms with Crippen molar-refractivity contribution in [3.8, 4) is 0 Å². The molecule has 8 heteroatoms. The molecule has 160 valence electrons. The largest absolute Gasteiger partial charge is 0.348 e. The SMILES string of the molecule is CN(C)CCNC(=O)c1nnc2n1CCC1(CC2)CCN(C(=O)c2ccccc2)C1. The maximum absolute atomic E-state index is 12.9. The van der Waals surface area contributed by atoms with Crippen LogP contribution in [0.3, 0.4) is 0 Å². The number of hydrogen-bond donors (Lipinski definition) is 1. The van der Waals surface area contributed by atoms with Crippen LogP contribution < -0.4 is 5.32 Å². The Morgan fingerprint density at radius 1 is 1.10 bits per heavy atom. The van der Waals surface area contributed by atoms with E-state index >= 15 is 0 Å². The minimum atomic E-state index is -0.168. The molecule has 0 saturated carbocycles. The van der Waals surface area contributed by atoms with Gasteiger partial charge in [0, 0.05) is 44.7 Å². The van der Waals surface area contributed by atoms with Crippen LogP contribution in [0, 0.1) is 5.41 Å². The Morgan fingerprint density at radius 3 is 2.63 bits per heavy atom. The molecule has 8 nitrogen and oxygen atoms in total. The summed E-state index contributed by atoms with van der Waals surface area (Å²) in [5, 5.41) is 11.4. The van der Waals surface area contributed by atoms with E-state index in [0.717, 1.165) is 56.7 Å². The van der Waals surface area contributed by atoms with Crippen molar-refractivity contribution in [2.24, 2.45) is 5.41 Å². The van der Waals surface area contributed by atoms with Gasteiger partial charge in [-0.1, -0.05) is 18.2 Å². The Bertz CT molecular complexity index is 910. The van der Waals surface area contributed by atoms with E-state index in [9.17, 15) is 9.59 Å². The monoisotopic (exact) mass is 410 g/mol. The molecular formula is C22H30N6O2. The third-order valence-corrected chi connectivity index (χ3v) is 6.37. The van der Waals surface area contributed by atoms with Gasteiger partial charge in [-0.05, 0) is 50.9 Å². The molecular weight excluding hydrogens is 380 g/mol. The summed E-state index contributed by atoms with van der Waals surface area (Å²) in [6.07, 6.45) is 3.67. The van der Waals surface area contributed by atoms with Gasteiger partial charge in [0.15, 0.2) is 0 Å². The second-order valence-corrected chi connectivity index (χ2v) is 8.74. The van der Waals surface area contributed by atoms with Crippen molar-refractivity contribution in [1.82, 2.24) is 29.9 Å².